The van der Waals surface area contributed by atoms with Gasteiger partial charge in [0.25, 0.3) is 0 Å². The molecule has 3 nitrogen and oxygen atoms in total. The van der Waals surface area contributed by atoms with Gasteiger partial charge in [0.2, 0.25) is 5.91 Å². The van der Waals surface area contributed by atoms with E-state index in [2.05, 4.69) is 5.32 Å². The van der Waals surface area contributed by atoms with Gasteiger partial charge in [0, 0.05) is 17.4 Å². The minimum Gasteiger partial charge on any atom is -0.393 e. The lowest BCUT2D eigenvalue weighted by atomic mass is 9.86. The van der Waals surface area contributed by atoms with Crippen molar-refractivity contribution >= 4 is 17.7 Å². The predicted octanol–water partition coefficient (Wildman–Crippen LogP) is 2.59. The molecule has 1 fully saturated rings. The molecule has 0 aromatic heterocycles. The summed E-state index contributed by atoms with van der Waals surface area (Å²) in [6, 6.07) is 6.43. The monoisotopic (exact) mass is 297 g/mol. The highest BCUT2D eigenvalue weighted by atomic mass is 32.2. The number of hydrogen-bond acceptors (Lipinski definition) is 3. The minimum atomic E-state index is -0.303. The van der Waals surface area contributed by atoms with Crippen LogP contribution in [0.4, 0.5) is 4.39 Å². The summed E-state index contributed by atoms with van der Waals surface area (Å²) >= 11 is 1.19. The highest BCUT2D eigenvalue weighted by Crippen LogP contribution is 2.24. The van der Waals surface area contributed by atoms with Crippen LogP contribution in [0.25, 0.3) is 0 Å². The van der Waals surface area contributed by atoms with Gasteiger partial charge in [-0.3, -0.25) is 4.79 Å². The van der Waals surface area contributed by atoms with Crippen LogP contribution in [0.1, 0.15) is 25.7 Å². The summed E-state index contributed by atoms with van der Waals surface area (Å²) in [5, 5.41) is 12.7. The molecule has 0 saturated heterocycles. The van der Waals surface area contributed by atoms with E-state index in [-0.39, 0.29) is 29.5 Å². The average Bonchev–Trinajstić information content (AvgIpc) is 2.45. The van der Waals surface area contributed by atoms with Crippen LogP contribution >= 0.6 is 11.8 Å². The lowest BCUT2D eigenvalue weighted by Gasteiger charge is -2.27. The smallest absolute Gasteiger partial charge is 0.230 e. The van der Waals surface area contributed by atoms with Gasteiger partial charge in [-0.05, 0) is 25.0 Å². The number of thioether (sulfide) groups is 1. The van der Waals surface area contributed by atoms with Crippen molar-refractivity contribution in [2.75, 3.05) is 12.3 Å². The Morgan fingerprint density at radius 3 is 2.85 bits per heavy atom. The van der Waals surface area contributed by atoms with E-state index in [4.69, 9.17) is 0 Å². The van der Waals surface area contributed by atoms with Gasteiger partial charge < -0.3 is 10.4 Å². The Morgan fingerprint density at radius 1 is 1.35 bits per heavy atom. The van der Waals surface area contributed by atoms with E-state index >= 15 is 0 Å². The van der Waals surface area contributed by atoms with Crippen LogP contribution in [0, 0.1) is 11.7 Å². The van der Waals surface area contributed by atoms with Crippen LogP contribution in [-0.4, -0.2) is 29.4 Å². The lowest BCUT2D eigenvalue weighted by molar-refractivity contribution is -0.119. The molecule has 2 rings (SSSR count). The molecule has 2 atom stereocenters. The number of amides is 1. The number of aliphatic hydroxyl groups is 1. The Hall–Kier alpha value is -1.07. The number of aliphatic hydroxyl groups excluding tert-OH is 1. The molecule has 1 aromatic rings. The average molecular weight is 297 g/mol. The molecule has 1 amide bonds. The normalized spacial score (nSPS) is 22.5. The first-order chi connectivity index (χ1) is 9.66. The quantitative estimate of drug-likeness (QED) is 0.821. The van der Waals surface area contributed by atoms with Crippen molar-refractivity contribution in [3.05, 3.63) is 30.1 Å². The molecule has 1 aliphatic carbocycles. The Labute approximate surface area is 123 Å². The molecule has 2 unspecified atom stereocenters. The number of rotatable bonds is 5. The van der Waals surface area contributed by atoms with E-state index in [0.717, 1.165) is 25.7 Å². The molecule has 1 aliphatic rings. The van der Waals surface area contributed by atoms with Crippen molar-refractivity contribution in [1.29, 1.82) is 0 Å². The van der Waals surface area contributed by atoms with Crippen LogP contribution in [-0.2, 0) is 4.79 Å². The fourth-order valence-electron chi connectivity index (χ4n) is 2.43. The van der Waals surface area contributed by atoms with Crippen molar-refractivity contribution in [3.63, 3.8) is 0 Å². The zero-order valence-electron chi connectivity index (χ0n) is 11.3. The number of hydrogen-bond donors (Lipinski definition) is 2. The molecule has 20 heavy (non-hydrogen) atoms. The number of carbonyl (C=O) groups is 1. The third-order valence-corrected chi connectivity index (χ3v) is 4.67. The Bertz CT molecular complexity index is 455. The van der Waals surface area contributed by atoms with Crippen molar-refractivity contribution in [1.82, 2.24) is 5.32 Å². The van der Waals surface area contributed by atoms with Gasteiger partial charge in [0.15, 0.2) is 0 Å². The standard InChI is InChI=1S/C15H20FNO2S/c16-12-6-2-4-8-14(12)20-10-15(19)17-9-11-5-1-3-7-13(11)18/h2,4,6,8,11,13,18H,1,3,5,7,9-10H2,(H,17,19). The van der Waals surface area contributed by atoms with Crippen LogP contribution in [0.15, 0.2) is 29.2 Å². The molecule has 0 radical (unpaired) electrons. The molecule has 0 spiro atoms. The summed E-state index contributed by atoms with van der Waals surface area (Å²) in [6.45, 7) is 0.512. The second-order valence-corrected chi connectivity index (χ2v) is 6.15. The second kappa shape index (κ2) is 7.64. The van der Waals surface area contributed by atoms with E-state index in [9.17, 15) is 14.3 Å². The summed E-state index contributed by atoms with van der Waals surface area (Å²) < 4.78 is 13.4. The molecule has 0 heterocycles. The van der Waals surface area contributed by atoms with Gasteiger partial charge in [-0.1, -0.05) is 25.0 Å². The first-order valence-electron chi connectivity index (χ1n) is 6.99. The lowest BCUT2D eigenvalue weighted by Crippen LogP contribution is -2.37. The fraction of sp³-hybridized carbons (Fsp3) is 0.533. The maximum absolute atomic E-state index is 13.4. The maximum atomic E-state index is 13.4. The zero-order valence-corrected chi connectivity index (χ0v) is 12.2. The van der Waals surface area contributed by atoms with Crippen LogP contribution in [0.2, 0.25) is 0 Å². The summed E-state index contributed by atoms with van der Waals surface area (Å²) in [4.78, 5) is 12.2. The predicted molar refractivity (Wildman–Crippen MR) is 78.1 cm³/mol. The Kier molecular flexibility index (Phi) is 5.86. The number of benzene rings is 1. The van der Waals surface area contributed by atoms with Gasteiger partial charge in [-0.25, -0.2) is 4.39 Å². The molecular weight excluding hydrogens is 277 g/mol. The maximum Gasteiger partial charge on any atom is 0.230 e. The summed E-state index contributed by atoms with van der Waals surface area (Å²) in [5.74, 6) is -0.0563. The minimum absolute atomic E-state index is 0.115. The van der Waals surface area contributed by atoms with Crippen LogP contribution in [0.3, 0.4) is 0 Å². The number of halogens is 1. The fourth-order valence-corrected chi connectivity index (χ4v) is 3.20. The molecule has 2 N–H and O–H groups in total. The summed E-state index contributed by atoms with van der Waals surface area (Å²) in [6.07, 6.45) is 3.66. The van der Waals surface area contributed by atoms with Crippen molar-refractivity contribution in [3.8, 4) is 0 Å². The molecular formula is C15H20FNO2S. The van der Waals surface area contributed by atoms with E-state index in [1.165, 1.54) is 17.8 Å². The molecule has 110 valence electrons. The van der Waals surface area contributed by atoms with Gasteiger partial charge in [0.1, 0.15) is 5.82 Å². The third kappa shape index (κ3) is 4.49. The van der Waals surface area contributed by atoms with Crippen LogP contribution < -0.4 is 5.32 Å². The SMILES string of the molecule is O=C(CSc1ccccc1F)NCC1CCCCC1O. The first-order valence-corrected chi connectivity index (χ1v) is 7.97. The van der Waals surface area contributed by atoms with E-state index in [0.29, 0.717) is 11.4 Å². The summed E-state index contributed by atoms with van der Waals surface area (Å²) in [5.41, 5.74) is 0. The Balaban J connectivity index is 1.71. The molecule has 0 bridgehead atoms. The largest absolute Gasteiger partial charge is 0.393 e. The third-order valence-electron chi connectivity index (χ3n) is 3.63. The second-order valence-electron chi connectivity index (χ2n) is 5.14. The number of carbonyl (C=O) groups excluding carboxylic acids is 1. The highest BCUT2D eigenvalue weighted by molar-refractivity contribution is 8.00. The Morgan fingerprint density at radius 2 is 2.10 bits per heavy atom. The van der Waals surface area contributed by atoms with Gasteiger partial charge >= 0.3 is 0 Å². The van der Waals surface area contributed by atoms with Crippen molar-refractivity contribution in [2.24, 2.45) is 5.92 Å². The van der Waals surface area contributed by atoms with Crippen molar-refractivity contribution < 1.29 is 14.3 Å². The first kappa shape index (κ1) is 15.3. The molecule has 0 aliphatic heterocycles. The van der Waals surface area contributed by atoms with Gasteiger partial charge in [0.05, 0.1) is 11.9 Å². The molecule has 1 saturated carbocycles. The molecule has 5 heteroatoms. The topological polar surface area (TPSA) is 49.3 Å². The van der Waals surface area contributed by atoms with E-state index < -0.39 is 0 Å². The van der Waals surface area contributed by atoms with E-state index in [1.807, 2.05) is 0 Å². The summed E-state index contributed by atoms with van der Waals surface area (Å²) in [7, 11) is 0. The highest BCUT2D eigenvalue weighted by Gasteiger charge is 2.23. The molecule has 1 aromatic carbocycles. The zero-order chi connectivity index (χ0) is 14.4. The van der Waals surface area contributed by atoms with Crippen molar-refractivity contribution in [2.45, 2.75) is 36.7 Å². The van der Waals surface area contributed by atoms with Gasteiger partial charge in [-0.15, -0.1) is 11.8 Å². The number of nitrogens with one attached hydrogen (secondary N) is 1. The van der Waals surface area contributed by atoms with Crippen LogP contribution in [0.5, 0.6) is 0 Å². The van der Waals surface area contributed by atoms with E-state index in [1.54, 1.807) is 18.2 Å². The van der Waals surface area contributed by atoms with Gasteiger partial charge in [-0.2, -0.15) is 0 Å².